The van der Waals surface area contributed by atoms with E-state index in [-0.39, 0.29) is 28.2 Å². The van der Waals surface area contributed by atoms with Gasteiger partial charge in [0.1, 0.15) is 11.4 Å². The lowest BCUT2D eigenvalue weighted by Crippen LogP contribution is -2.65. The first-order valence-corrected chi connectivity index (χ1v) is 11.7. The molecule has 1 aliphatic heterocycles. The second-order valence-electron chi connectivity index (χ2n) is 12.1. The molecule has 11 unspecified atom stereocenters. The van der Waals surface area contributed by atoms with E-state index in [2.05, 4.69) is 13.8 Å². The Morgan fingerprint density at radius 3 is 2.46 bits per heavy atom. The number of ketones is 1. The Balaban J connectivity index is 1.32. The van der Waals surface area contributed by atoms with Gasteiger partial charge in [0.25, 0.3) is 0 Å². The number of rotatable bonds is 0. The lowest BCUT2D eigenvalue weighted by Gasteiger charge is -2.64. The van der Waals surface area contributed by atoms with Crippen molar-refractivity contribution >= 4 is 11.8 Å². The fourth-order valence-electron chi connectivity index (χ4n) is 10.3. The Morgan fingerprint density at radius 1 is 0.929 bits per heavy atom. The van der Waals surface area contributed by atoms with E-state index in [9.17, 15) is 14.7 Å². The minimum absolute atomic E-state index is 0.0229. The molecule has 6 aliphatic carbocycles. The lowest BCUT2D eigenvalue weighted by atomic mass is 9.42. The van der Waals surface area contributed by atoms with E-state index < -0.39 is 5.60 Å². The molecule has 1 saturated heterocycles. The maximum absolute atomic E-state index is 12.3. The molecule has 0 amide bonds. The number of Topliss-reactive ketones (excluding diaryl/α,β-unsaturated/α-hetero) is 1. The van der Waals surface area contributed by atoms with E-state index in [1.165, 1.54) is 6.42 Å². The summed E-state index contributed by atoms with van der Waals surface area (Å²) in [5, 5.41) is 11.8. The Labute approximate surface area is 166 Å². The van der Waals surface area contributed by atoms with Crippen LogP contribution in [0.4, 0.5) is 0 Å². The highest BCUT2D eigenvalue weighted by Crippen LogP contribution is 2.83. The van der Waals surface area contributed by atoms with Crippen LogP contribution in [-0.4, -0.2) is 28.1 Å². The quantitative estimate of drug-likeness (QED) is 0.649. The number of carbonyl (C=O) groups is 2. The molecule has 28 heavy (non-hydrogen) atoms. The van der Waals surface area contributed by atoms with Gasteiger partial charge < -0.3 is 9.84 Å². The van der Waals surface area contributed by atoms with Gasteiger partial charge in [0, 0.05) is 36.0 Å². The van der Waals surface area contributed by atoms with Crippen molar-refractivity contribution in [2.24, 2.45) is 52.3 Å². The summed E-state index contributed by atoms with van der Waals surface area (Å²) in [6, 6.07) is 0. The molecule has 7 aliphatic rings. The fraction of sp³-hybridized carbons (Fsp3) is 0.917. The summed E-state index contributed by atoms with van der Waals surface area (Å²) < 4.78 is 6.20. The zero-order valence-electron chi connectivity index (χ0n) is 17.1. The van der Waals surface area contributed by atoms with Crippen molar-refractivity contribution in [3.63, 3.8) is 0 Å². The van der Waals surface area contributed by atoms with E-state index in [0.29, 0.717) is 54.8 Å². The maximum atomic E-state index is 12.3. The van der Waals surface area contributed by atoms with Gasteiger partial charge in [-0.3, -0.25) is 9.59 Å². The van der Waals surface area contributed by atoms with Crippen LogP contribution in [0.3, 0.4) is 0 Å². The molecule has 7 fully saturated rings. The normalized spacial score (nSPS) is 65.8. The minimum Gasteiger partial charge on any atom is -0.458 e. The van der Waals surface area contributed by atoms with Crippen molar-refractivity contribution in [1.82, 2.24) is 0 Å². The average molecular weight is 385 g/mol. The third kappa shape index (κ3) is 1.55. The number of fused-ring (bicyclic) bond motifs is 12. The topological polar surface area (TPSA) is 63.6 Å². The molecule has 1 N–H and O–H groups in total. The zero-order chi connectivity index (χ0) is 19.3. The second kappa shape index (κ2) is 4.55. The highest BCUT2D eigenvalue weighted by molar-refractivity contribution is 5.81. The smallest absolute Gasteiger partial charge is 0.306 e. The third-order valence-corrected chi connectivity index (χ3v) is 11.6. The molecule has 152 valence electrons. The van der Waals surface area contributed by atoms with E-state index in [1.54, 1.807) is 0 Å². The van der Waals surface area contributed by atoms with E-state index in [1.807, 2.05) is 0 Å². The van der Waals surface area contributed by atoms with Crippen molar-refractivity contribution in [3.8, 4) is 0 Å². The van der Waals surface area contributed by atoms with Crippen LogP contribution < -0.4 is 0 Å². The van der Waals surface area contributed by atoms with Crippen molar-refractivity contribution in [2.75, 3.05) is 0 Å². The van der Waals surface area contributed by atoms with Crippen molar-refractivity contribution in [3.05, 3.63) is 0 Å². The van der Waals surface area contributed by atoms with Gasteiger partial charge in [-0.2, -0.15) is 0 Å². The fourth-order valence-corrected chi connectivity index (χ4v) is 10.3. The summed E-state index contributed by atoms with van der Waals surface area (Å²) in [6.45, 7) is 4.77. The summed E-state index contributed by atoms with van der Waals surface area (Å²) in [5.41, 5.74) is -0.943. The molecular formula is C24H32O4. The molecule has 4 heteroatoms. The number of ether oxygens (including phenoxy) is 1. The monoisotopic (exact) mass is 384 g/mol. The predicted octanol–water partition coefficient (Wildman–Crippen LogP) is 3.50. The van der Waals surface area contributed by atoms with Gasteiger partial charge in [0.05, 0.1) is 5.60 Å². The molecule has 0 aromatic rings. The first-order valence-electron chi connectivity index (χ1n) is 11.7. The summed E-state index contributed by atoms with van der Waals surface area (Å²) in [6.07, 6.45) is 8.04. The number of hydrogen-bond donors (Lipinski definition) is 1. The summed E-state index contributed by atoms with van der Waals surface area (Å²) in [4.78, 5) is 24.4. The molecule has 1 spiro atoms. The number of aliphatic hydroxyl groups is 1. The Bertz CT molecular complexity index is 821. The molecule has 0 radical (unpaired) electrons. The Hall–Kier alpha value is -0.900. The highest BCUT2D eigenvalue weighted by atomic mass is 16.6. The van der Waals surface area contributed by atoms with Gasteiger partial charge in [-0.05, 0) is 74.0 Å². The summed E-state index contributed by atoms with van der Waals surface area (Å²) in [7, 11) is 0. The minimum atomic E-state index is -0.763. The largest absolute Gasteiger partial charge is 0.458 e. The maximum Gasteiger partial charge on any atom is 0.306 e. The molecule has 6 saturated carbocycles. The van der Waals surface area contributed by atoms with Crippen LogP contribution in [0.15, 0.2) is 0 Å². The molecule has 4 nitrogen and oxygen atoms in total. The predicted molar refractivity (Wildman–Crippen MR) is 101 cm³/mol. The van der Waals surface area contributed by atoms with Crippen LogP contribution in [-0.2, 0) is 14.3 Å². The van der Waals surface area contributed by atoms with Crippen LogP contribution in [0.2, 0.25) is 0 Å². The van der Waals surface area contributed by atoms with Crippen LogP contribution in [0, 0.1) is 52.3 Å². The Kier molecular flexibility index (Phi) is 2.74. The van der Waals surface area contributed by atoms with Crippen LogP contribution in [0.1, 0.15) is 71.6 Å². The standard InChI is InChI=1S/C24H32O4/c1-21-6-3-12(25)11-23(21,27)16-9-13(16)19-15(21)4-7-22(2)20(19)14-10-17(14)24(22)8-5-18(26)28-24/h13-17,19-20,27H,3-11H2,1-2H3. The third-order valence-electron chi connectivity index (χ3n) is 11.6. The molecule has 0 aromatic carbocycles. The first kappa shape index (κ1) is 16.8. The van der Waals surface area contributed by atoms with Crippen molar-refractivity contribution < 1.29 is 19.4 Å². The Morgan fingerprint density at radius 2 is 1.71 bits per heavy atom. The summed E-state index contributed by atoms with van der Waals surface area (Å²) in [5.74, 6) is 4.36. The number of hydrogen-bond acceptors (Lipinski definition) is 4. The lowest BCUT2D eigenvalue weighted by molar-refractivity contribution is -0.223. The van der Waals surface area contributed by atoms with Gasteiger partial charge in [-0.25, -0.2) is 0 Å². The zero-order valence-corrected chi connectivity index (χ0v) is 17.1. The molecular weight excluding hydrogens is 352 g/mol. The molecule has 0 aromatic heterocycles. The van der Waals surface area contributed by atoms with Gasteiger partial charge in [-0.1, -0.05) is 13.8 Å². The first-order chi connectivity index (χ1) is 13.3. The average Bonchev–Trinajstić information content (AvgIpc) is 3.54. The SMILES string of the molecule is CC12CCC(=O)CC1(O)C1CC1C1C2CCC2(C)C1C1CC1C21CCC(=O)O1. The van der Waals surface area contributed by atoms with Crippen LogP contribution in [0.25, 0.3) is 0 Å². The number of carbonyl (C=O) groups excluding carboxylic acids is 2. The van der Waals surface area contributed by atoms with Gasteiger partial charge in [0.2, 0.25) is 0 Å². The van der Waals surface area contributed by atoms with E-state index in [0.717, 1.165) is 38.0 Å². The van der Waals surface area contributed by atoms with Gasteiger partial charge in [-0.15, -0.1) is 0 Å². The van der Waals surface area contributed by atoms with Gasteiger partial charge in [0.15, 0.2) is 0 Å². The van der Waals surface area contributed by atoms with Crippen molar-refractivity contribution in [2.45, 2.75) is 82.8 Å². The van der Waals surface area contributed by atoms with Crippen molar-refractivity contribution in [1.29, 1.82) is 0 Å². The van der Waals surface area contributed by atoms with Crippen LogP contribution in [0.5, 0.6) is 0 Å². The molecule has 7 rings (SSSR count). The highest BCUT2D eigenvalue weighted by Gasteiger charge is 2.83. The van der Waals surface area contributed by atoms with E-state index in [4.69, 9.17) is 4.74 Å². The summed E-state index contributed by atoms with van der Waals surface area (Å²) >= 11 is 0. The molecule has 11 atom stereocenters. The van der Waals surface area contributed by atoms with Gasteiger partial charge >= 0.3 is 5.97 Å². The molecule has 0 bridgehead atoms. The van der Waals surface area contributed by atoms with Crippen LogP contribution >= 0.6 is 0 Å². The molecule has 1 heterocycles. The van der Waals surface area contributed by atoms with E-state index >= 15 is 0 Å². The second-order valence-corrected chi connectivity index (χ2v) is 12.1. The number of esters is 1.